The maximum absolute atomic E-state index is 13.2. The number of sulfonamides is 1. The van der Waals surface area contributed by atoms with Crippen LogP contribution in [0.5, 0.6) is 0 Å². The van der Waals surface area contributed by atoms with Crippen LogP contribution in [0.25, 0.3) is 0 Å². The molecule has 8 heteroatoms. The van der Waals surface area contributed by atoms with Crippen LogP contribution in [-0.2, 0) is 16.4 Å². The molecule has 0 radical (unpaired) electrons. The minimum Gasteiger partial charge on any atom is -0.352 e. The van der Waals surface area contributed by atoms with Gasteiger partial charge >= 0.3 is 0 Å². The van der Waals surface area contributed by atoms with Crippen molar-refractivity contribution in [1.82, 2.24) is 5.32 Å². The molecule has 0 spiro atoms. The second kappa shape index (κ2) is 11.5. The lowest BCUT2D eigenvalue weighted by Crippen LogP contribution is -2.27. The van der Waals surface area contributed by atoms with Gasteiger partial charge in [0.2, 0.25) is 0 Å². The first-order chi connectivity index (χ1) is 17.8. The predicted molar refractivity (Wildman–Crippen MR) is 145 cm³/mol. The van der Waals surface area contributed by atoms with Crippen molar-refractivity contribution in [2.75, 3.05) is 16.6 Å². The van der Waals surface area contributed by atoms with Crippen LogP contribution < -0.4 is 15.4 Å². The van der Waals surface area contributed by atoms with Gasteiger partial charge in [-0.05, 0) is 60.9 Å². The zero-order valence-corrected chi connectivity index (χ0v) is 21.1. The van der Waals surface area contributed by atoms with E-state index >= 15 is 0 Å². The molecule has 4 rings (SSSR count). The third-order valence-electron chi connectivity index (χ3n) is 5.84. The molecule has 0 aromatic heterocycles. The topological polar surface area (TPSA) is 104 Å². The molecule has 0 aliphatic carbocycles. The van der Waals surface area contributed by atoms with Gasteiger partial charge in [-0.25, -0.2) is 8.42 Å². The Labute approximate surface area is 216 Å². The van der Waals surface area contributed by atoms with E-state index in [0.717, 1.165) is 5.56 Å². The molecule has 0 heterocycles. The summed E-state index contributed by atoms with van der Waals surface area (Å²) in [7, 11) is -3.82. The van der Waals surface area contributed by atoms with Crippen LogP contribution in [0.15, 0.2) is 108 Å². The molecule has 0 bridgehead atoms. The summed E-state index contributed by atoms with van der Waals surface area (Å²) in [6.45, 7) is 2.12. The third kappa shape index (κ3) is 6.42. The highest BCUT2D eigenvalue weighted by molar-refractivity contribution is 7.92. The van der Waals surface area contributed by atoms with E-state index in [4.69, 9.17) is 0 Å². The van der Waals surface area contributed by atoms with Gasteiger partial charge < -0.3 is 10.6 Å². The molecule has 2 amide bonds. The Bertz CT molecular complexity index is 1500. The van der Waals surface area contributed by atoms with Crippen molar-refractivity contribution < 1.29 is 18.0 Å². The quantitative estimate of drug-likeness (QED) is 0.292. The normalized spacial score (nSPS) is 10.9. The Kier molecular flexibility index (Phi) is 8.00. The smallest absolute Gasteiger partial charge is 0.261 e. The summed E-state index contributed by atoms with van der Waals surface area (Å²) in [5, 5.41) is 5.70. The molecule has 0 unspecified atom stereocenters. The zero-order valence-electron chi connectivity index (χ0n) is 20.3. The number of amides is 2. The number of hydrogen-bond acceptors (Lipinski definition) is 4. The maximum atomic E-state index is 13.2. The van der Waals surface area contributed by atoms with Crippen LogP contribution in [0, 0.1) is 6.92 Å². The molecule has 7 nitrogen and oxygen atoms in total. The van der Waals surface area contributed by atoms with E-state index in [-0.39, 0.29) is 16.4 Å². The van der Waals surface area contributed by atoms with Crippen LogP contribution in [-0.4, -0.2) is 26.8 Å². The summed E-state index contributed by atoms with van der Waals surface area (Å²) in [6, 6.07) is 29.4. The Morgan fingerprint density at radius 1 is 0.676 bits per heavy atom. The summed E-state index contributed by atoms with van der Waals surface area (Å²) in [4.78, 5) is 26.1. The van der Waals surface area contributed by atoms with Gasteiger partial charge in [0.05, 0.1) is 21.8 Å². The van der Waals surface area contributed by atoms with Crippen LogP contribution in [0.2, 0.25) is 0 Å². The summed E-state index contributed by atoms with van der Waals surface area (Å²) in [5.74, 6) is -0.754. The number of anilines is 2. The van der Waals surface area contributed by atoms with Crippen LogP contribution in [0.4, 0.5) is 11.4 Å². The third-order valence-corrected chi connectivity index (χ3v) is 7.22. The number of carbonyl (C=O) groups excluding carboxylic acids is 2. The van der Waals surface area contributed by atoms with Gasteiger partial charge in [-0.2, -0.15) is 0 Å². The average molecular weight is 514 g/mol. The van der Waals surface area contributed by atoms with E-state index < -0.39 is 15.9 Å². The van der Waals surface area contributed by atoms with Crippen molar-refractivity contribution in [2.24, 2.45) is 0 Å². The highest BCUT2D eigenvalue weighted by Crippen LogP contribution is 2.24. The summed E-state index contributed by atoms with van der Waals surface area (Å²) in [5.41, 5.74) is 2.85. The number of rotatable bonds is 9. The molecule has 0 saturated carbocycles. The Morgan fingerprint density at radius 2 is 1.27 bits per heavy atom. The molecule has 0 atom stereocenters. The highest BCUT2D eigenvalue weighted by atomic mass is 32.2. The highest BCUT2D eigenvalue weighted by Gasteiger charge is 2.19. The Morgan fingerprint density at radius 3 is 2.00 bits per heavy atom. The molecule has 37 heavy (non-hydrogen) atoms. The fourth-order valence-electron chi connectivity index (χ4n) is 3.84. The number of carbonyl (C=O) groups is 2. The Hall–Kier alpha value is -4.43. The van der Waals surface area contributed by atoms with Crippen LogP contribution in [0.3, 0.4) is 0 Å². The minimum atomic E-state index is -3.82. The SMILES string of the molecule is Cc1c(NS(=O)(=O)c2ccccc2)cccc1C(=O)Nc1ccccc1C(=O)NCCc1ccccc1. The monoisotopic (exact) mass is 513 g/mol. The molecule has 0 aliphatic heterocycles. The predicted octanol–water partition coefficient (Wildman–Crippen LogP) is 5.02. The van der Waals surface area contributed by atoms with Crippen molar-refractivity contribution in [3.63, 3.8) is 0 Å². The number of nitrogens with one attached hydrogen (secondary N) is 3. The van der Waals surface area contributed by atoms with Crippen LogP contribution >= 0.6 is 0 Å². The van der Waals surface area contributed by atoms with Crippen molar-refractivity contribution in [3.8, 4) is 0 Å². The van der Waals surface area contributed by atoms with Crippen LogP contribution in [0.1, 0.15) is 31.8 Å². The first kappa shape index (κ1) is 25.7. The molecular weight excluding hydrogens is 486 g/mol. The fraction of sp³-hybridized carbons (Fsp3) is 0.103. The molecule has 0 aliphatic rings. The molecule has 4 aromatic rings. The first-order valence-corrected chi connectivity index (χ1v) is 13.2. The molecule has 188 valence electrons. The Balaban J connectivity index is 1.48. The first-order valence-electron chi connectivity index (χ1n) is 11.7. The zero-order chi connectivity index (χ0) is 26.3. The largest absolute Gasteiger partial charge is 0.352 e. The maximum Gasteiger partial charge on any atom is 0.261 e. The lowest BCUT2D eigenvalue weighted by molar-refractivity contribution is 0.0955. The van der Waals surface area contributed by atoms with Gasteiger partial charge in [0, 0.05) is 12.1 Å². The average Bonchev–Trinajstić information content (AvgIpc) is 2.91. The number of para-hydroxylation sites is 1. The molecule has 4 aromatic carbocycles. The second-order valence-corrected chi connectivity index (χ2v) is 10.1. The number of benzene rings is 4. The van der Waals surface area contributed by atoms with Crippen molar-refractivity contribution in [1.29, 1.82) is 0 Å². The van der Waals surface area contributed by atoms with E-state index in [0.29, 0.717) is 35.5 Å². The van der Waals surface area contributed by atoms with Crippen molar-refractivity contribution >= 4 is 33.2 Å². The summed E-state index contributed by atoms with van der Waals surface area (Å²) in [6.07, 6.45) is 0.686. The minimum absolute atomic E-state index is 0.122. The molecule has 0 fully saturated rings. The van der Waals surface area contributed by atoms with Gasteiger partial charge in [-0.3, -0.25) is 14.3 Å². The van der Waals surface area contributed by atoms with E-state index in [9.17, 15) is 18.0 Å². The number of hydrogen-bond donors (Lipinski definition) is 3. The van der Waals surface area contributed by atoms with E-state index in [1.165, 1.54) is 12.1 Å². The standard InChI is InChI=1S/C29H27N3O4S/c1-21-24(16-10-18-26(21)32-37(35,36)23-13-6-3-7-14-23)29(34)31-27-17-9-8-15-25(27)28(33)30-20-19-22-11-4-2-5-12-22/h2-18,32H,19-20H2,1H3,(H,30,33)(H,31,34). The lowest BCUT2D eigenvalue weighted by atomic mass is 10.1. The molecular formula is C29H27N3O4S. The van der Waals surface area contributed by atoms with Crippen molar-refractivity contribution in [3.05, 3.63) is 125 Å². The fourth-order valence-corrected chi connectivity index (χ4v) is 4.98. The van der Waals surface area contributed by atoms with Gasteiger partial charge in [0.1, 0.15) is 0 Å². The molecule has 3 N–H and O–H groups in total. The van der Waals surface area contributed by atoms with E-state index in [2.05, 4.69) is 15.4 Å². The van der Waals surface area contributed by atoms with Gasteiger partial charge in [-0.15, -0.1) is 0 Å². The lowest BCUT2D eigenvalue weighted by Gasteiger charge is -2.15. The summed E-state index contributed by atoms with van der Waals surface area (Å²) < 4.78 is 28.1. The van der Waals surface area contributed by atoms with Crippen molar-refractivity contribution in [2.45, 2.75) is 18.2 Å². The second-order valence-electron chi connectivity index (χ2n) is 8.39. The molecule has 0 saturated heterocycles. The van der Waals surface area contributed by atoms with E-state index in [1.54, 1.807) is 67.6 Å². The van der Waals surface area contributed by atoms with Gasteiger partial charge in [-0.1, -0.05) is 66.7 Å². The summed E-state index contributed by atoms with van der Waals surface area (Å²) >= 11 is 0. The van der Waals surface area contributed by atoms with Gasteiger partial charge in [0.15, 0.2) is 0 Å². The van der Waals surface area contributed by atoms with Gasteiger partial charge in [0.25, 0.3) is 21.8 Å². The van der Waals surface area contributed by atoms with E-state index in [1.807, 2.05) is 30.3 Å².